The number of fused-ring (bicyclic) bond motifs is 1. The third-order valence-electron chi connectivity index (χ3n) is 5.27. The molecule has 4 rings (SSSR count). The lowest BCUT2D eigenvalue weighted by Gasteiger charge is -2.15. The van der Waals surface area contributed by atoms with Gasteiger partial charge in [-0.25, -0.2) is 4.79 Å². The number of carbonyl (C=O) groups is 1. The summed E-state index contributed by atoms with van der Waals surface area (Å²) in [6.07, 6.45) is -5.07. The first-order valence-corrected chi connectivity index (χ1v) is 11.2. The first-order chi connectivity index (χ1) is 18.2. The Hall–Kier alpha value is -4.67. The van der Waals surface area contributed by atoms with E-state index in [9.17, 15) is 22.8 Å². The van der Waals surface area contributed by atoms with Gasteiger partial charge in [0.05, 0.1) is 31.8 Å². The van der Waals surface area contributed by atoms with Crippen LogP contribution >= 0.6 is 0 Å². The summed E-state index contributed by atoms with van der Waals surface area (Å²) < 4.78 is 73.2. The molecule has 0 amide bonds. The van der Waals surface area contributed by atoms with Gasteiger partial charge in [-0.15, -0.1) is 0 Å². The van der Waals surface area contributed by atoms with Crippen molar-refractivity contribution in [2.45, 2.75) is 13.1 Å². The van der Waals surface area contributed by atoms with E-state index in [0.717, 1.165) is 6.07 Å². The highest BCUT2D eigenvalue weighted by Crippen LogP contribution is 2.40. The number of hydrogen-bond acceptors (Lipinski definition) is 8. The van der Waals surface area contributed by atoms with Crippen molar-refractivity contribution in [1.82, 2.24) is 0 Å². The summed E-state index contributed by atoms with van der Waals surface area (Å²) >= 11 is 0. The van der Waals surface area contributed by atoms with Crippen LogP contribution in [0.15, 0.2) is 69.9 Å². The topological polar surface area (TPSA) is 93.4 Å². The predicted molar refractivity (Wildman–Crippen MR) is 130 cm³/mol. The third kappa shape index (κ3) is 5.36. The number of esters is 1. The molecule has 198 valence electrons. The molecule has 0 radical (unpaired) electrons. The average Bonchev–Trinajstić information content (AvgIpc) is 2.90. The van der Waals surface area contributed by atoms with E-state index in [4.69, 9.17) is 28.1 Å². The molecule has 0 saturated heterocycles. The molecule has 4 aromatic rings. The summed E-state index contributed by atoms with van der Waals surface area (Å²) in [4.78, 5) is 25.7. The van der Waals surface area contributed by atoms with Crippen LogP contribution in [-0.4, -0.2) is 26.8 Å². The van der Waals surface area contributed by atoms with Crippen molar-refractivity contribution >= 4 is 16.9 Å². The molecule has 0 N–H and O–H groups in total. The second-order valence-corrected chi connectivity index (χ2v) is 7.69. The normalized spacial score (nSPS) is 11.2. The molecule has 3 aromatic carbocycles. The average molecular weight is 530 g/mol. The van der Waals surface area contributed by atoms with Crippen LogP contribution in [0.1, 0.15) is 23.0 Å². The molecule has 0 unspecified atom stereocenters. The molecular weight excluding hydrogens is 509 g/mol. The highest BCUT2D eigenvalue weighted by atomic mass is 19.4. The molecule has 1 heterocycles. The van der Waals surface area contributed by atoms with Gasteiger partial charge in [-0.2, -0.15) is 13.2 Å². The molecule has 8 nitrogen and oxygen atoms in total. The van der Waals surface area contributed by atoms with Gasteiger partial charge < -0.3 is 28.1 Å². The highest BCUT2D eigenvalue weighted by molar-refractivity contribution is 5.92. The van der Waals surface area contributed by atoms with Gasteiger partial charge >= 0.3 is 12.1 Å². The lowest BCUT2D eigenvalue weighted by molar-refractivity contribution is -0.154. The molecule has 11 heteroatoms. The van der Waals surface area contributed by atoms with Gasteiger partial charge in [0.15, 0.2) is 23.0 Å². The van der Waals surface area contributed by atoms with Crippen molar-refractivity contribution in [1.29, 1.82) is 0 Å². The monoisotopic (exact) mass is 530 g/mol. The largest absolute Gasteiger partial charge is 0.493 e. The first kappa shape index (κ1) is 26.4. The Morgan fingerprint density at radius 2 is 1.61 bits per heavy atom. The van der Waals surface area contributed by atoms with E-state index in [2.05, 4.69) is 0 Å². The number of para-hydroxylation sites is 2. The summed E-state index contributed by atoms with van der Waals surface area (Å²) in [6, 6.07) is 13.7. The van der Waals surface area contributed by atoms with Crippen LogP contribution in [0, 0.1) is 0 Å². The maximum atomic E-state index is 13.9. The van der Waals surface area contributed by atoms with Gasteiger partial charge in [-0.3, -0.25) is 4.79 Å². The number of carbonyl (C=O) groups excluding carboxylic acids is 1. The summed E-state index contributed by atoms with van der Waals surface area (Å²) in [7, 11) is 2.83. The van der Waals surface area contributed by atoms with Crippen LogP contribution in [0.3, 0.4) is 0 Å². The van der Waals surface area contributed by atoms with Gasteiger partial charge in [0.2, 0.25) is 11.2 Å². The third-order valence-corrected chi connectivity index (χ3v) is 5.27. The van der Waals surface area contributed by atoms with E-state index in [0.29, 0.717) is 5.75 Å². The fourth-order valence-electron chi connectivity index (χ4n) is 3.55. The summed E-state index contributed by atoms with van der Waals surface area (Å²) in [6.45, 7) is 1.92. The zero-order chi connectivity index (χ0) is 27.4. The molecule has 0 aliphatic rings. The minimum Gasteiger partial charge on any atom is -0.493 e. The molecule has 0 saturated carbocycles. The molecule has 0 spiro atoms. The highest BCUT2D eigenvalue weighted by Gasteiger charge is 2.40. The van der Waals surface area contributed by atoms with Crippen LogP contribution in [-0.2, 0) is 6.18 Å². The Labute approximate surface area is 214 Å². The van der Waals surface area contributed by atoms with Crippen molar-refractivity contribution in [2.75, 3.05) is 20.8 Å². The Bertz CT molecular complexity index is 1540. The number of benzene rings is 3. The molecule has 0 aliphatic heterocycles. The van der Waals surface area contributed by atoms with E-state index in [1.807, 2.05) is 0 Å². The van der Waals surface area contributed by atoms with Crippen LogP contribution < -0.4 is 29.1 Å². The van der Waals surface area contributed by atoms with Crippen LogP contribution in [0.2, 0.25) is 0 Å². The Morgan fingerprint density at radius 3 is 2.26 bits per heavy atom. The Kier molecular flexibility index (Phi) is 7.47. The second-order valence-electron chi connectivity index (χ2n) is 7.69. The van der Waals surface area contributed by atoms with E-state index in [1.54, 1.807) is 13.0 Å². The molecule has 38 heavy (non-hydrogen) atoms. The van der Waals surface area contributed by atoms with Crippen LogP contribution in [0.25, 0.3) is 11.0 Å². The van der Waals surface area contributed by atoms with Gasteiger partial charge in [0, 0.05) is 6.07 Å². The van der Waals surface area contributed by atoms with Gasteiger partial charge in [-0.1, -0.05) is 12.1 Å². The van der Waals surface area contributed by atoms with E-state index in [1.165, 1.54) is 62.8 Å². The van der Waals surface area contributed by atoms with E-state index < -0.39 is 34.7 Å². The predicted octanol–water partition coefficient (Wildman–Crippen LogP) is 6.24. The lowest BCUT2D eigenvalue weighted by atomic mass is 10.2. The van der Waals surface area contributed by atoms with Crippen molar-refractivity contribution in [3.05, 3.63) is 82.2 Å². The molecule has 1 aromatic heterocycles. The summed E-state index contributed by atoms with van der Waals surface area (Å²) in [5.41, 5.74) is -1.43. The second kappa shape index (κ2) is 10.8. The van der Waals surface area contributed by atoms with E-state index >= 15 is 0 Å². The number of rotatable bonds is 8. The Morgan fingerprint density at radius 1 is 0.895 bits per heavy atom. The maximum Gasteiger partial charge on any atom is 0.453 e. The quantitative estimate of drug-likeness (QED) is 0.195. The fraction of sp³-hybridized carbons (Fsp3) is 0.185. The minimum absolute atomic E-state index is 0.0908. The van der Waals surface area contributed by atoms with E-state index in [-0.39, 0.29) is 40.6 Å². The zero-order valence-corrected chi connectivity index (χ0v) is 20.4. The number of halogens is 3. The number of ether oxygens (including phenoxy) is 5. The SMILES string of the molecule is CCOc1ccccc1Oc1c(C(F)(F)F)oc2cc(OC(=O)c3ccc(OC)c(OC)c3)ccc2c1=O. The summed E-state index contributed by atoms with van der Waals surface area (Å²) in [5.74, 6) is -2.94. The fourth-order valence-corrected chi connectivity index (χ4v) is 3.55. The van der Waals surface area contributed by atoms with Gasteiger partial charge in [0.1, 0.15) is 11.3 Å². The Balaban J connectivity index is 1.73. The van der Waals surface area contributed by atoms with Crippen molar-refractivity contribution in [3.63, 3.8) is 0 Å². The van der Waals surface area contributed by atoms with Crippen molar-refractivity contribution in [3.8, 4) is 34.5 Å². The molecular formula is C27H21F3O8. The molecule has 0 atom stereocenters. The zero-order valence-electron chi connectivity index (χ0n) is 20.4. The maximum absolute atomic E-state index is 13.9. The van der Waals surface area contributed by atoms with Crippen molar-refractivity contribution in [2.24, 2.45) is 0 Å². The van der Waals surface area contributed by atoms with Crippen LogP contribution in [0.4, 0.5) is 13.2 Å². The minimum atomic E-state index is -5.07. The van der Waals surface area contributed by atoms with Gasteiger partial charge in [-0.05, 0) is 49.4 Å². The number of hydrogen-bond donors (Lipinski definition) is 0. The lowest BCUT2D eigenvalue weighted by Crippen LogP contribution is -2.16. The smallest absolute Gasteiger partial charge is 0.453 e. The van der Waals surface area contributed by atoms with Crippen LogP contribution in [0.5, 0.6) is 34.5 Å². The van der Waals surface area contributed by atoms with Gasteiger partial charge in [0.25, 0.3) is 5.76 Å². The standard InChI is InChI=1S/C27H21F3O8/c1-4-35-19-7-5-6-8-20(19)37-24-23(31)17-11-10-16(14-21(17)38-25(24)27(28,29)30)36-26(32)15-9-12-18(33-2)22(13-15)34-3/h5-14H,4H2,1-3H3. The first-order valence-electron chi connectivity index (χ1n) is 11.2. The summed E-state index contributed by atoms with van der Waals surface area (Å²) in [5, 5.41) is -0.215. The molecule has 0 aliphatic carbocycles. The number of methoxy groups -OCH3 is 2. The molecule has 0 bridgehead atoms. The number of alkyl halides is 3. The molecule has 0 fully saturated rings. The van der Waals surface area contributed by atoms with Crippen molar-refractivity contribution < 1.29 is 46.1 Å².